The Morgan fingerprint density at radius 1 is 0.795 bits per heavy atom. The molecule has 0 atom stereocenters. The Balaban J connectivity index is 1.16. The second kappa shape index (κ2) is 10.8. The summed E-state index contributed by atoms with van der Waals surface area (Å²) in [4.78, 5) is 23.8. The molecular formula is C28H33ClN8O2. The number of anilines is 3. The molecule has 0 N–H and O–H groups in total. The van der Waals surface area contributed by atoms with Crippen LogP contribution in [0.1, 0.15) is 0 Å². The van der Waals surface area contributed by atoms with Crippen molar-refractivity contribution in [3.8, 4) is 22.8 Å². The summed E-state index contributed by atoms with van der Waals surface area (Å²) in [6, 6.07) is 9.91. The van der Waals surface area contributed by atoms with Gasteiger partial charge >= 0.3 is 0 Å². The number of aromatic nitrogens is 4. The highest BCUT2D eigenvalue weighted by atomic mass is 35.5. The van der Waals surface area contributed by atoms with Gasteiger partial charge in [0.1, 0.15) is 23.0 Å². The van der Waals surface area contributed by atoms with Crippen LogP contribution in [-0.4, -0.2) is 97.9 Å². The van der Waals surface area contributed by atoms with Crippen LogP contribution in [0.3, 0.4) is 0 Å². The molecule has 4 aromatic rings. The van der Waals surface area contributed by atoms with Gasteiger partial charge in [-0.15, -0.1) is 0 Å². The van der Waals surface area contributed by atoms with Gasteiger partial charge in [-0.1, -0.05) is 11.6 Å². The molecule has 3 aromatic heterocycles. The van der Waals surface area contributed by atoms with Gasteiger partial charge in [0.05, 0.1) is 24.9 Å². The van der Waals surface area contributed by atoms with Crippen molar-refractivity contribution in [1.29, 1.82) is 0 Å². The molecule has 39 heavy (non-hydrogen) atoms. The Hall–Kier alpha value is -3.76. The average Bonchev–Trinajstić information content (AvgIpc) is 3.41. The van der Waals surface area contributed by atoms with Crippen molar-refractivity contribution in [2.24, 2.45) is 0 Å². The molecule has 0 unspecified atom stereocenters. The predicted molar refractivity (Wildman–Crippen MR) is 155 cm³/mol. The van der Waals surface area contributed by atoms with Gasteiger partial charge in [0.2, 0.25) is 5.95 Å². The molecule has 11 heteroatoms. The zero-order chi connectivity index (χ0) is 26.9. The maximum absolute atomic E-state index is 6.40. The minimum atomic E-state index is 0.516. The quantitative estimate of drug-likeness (QED) is 0.359. The molecule has 6 rings (SSSR count). The number of pyridine rings is 1. The van der Waals surface area contributed by atoms with Crippen LogP contribution in [0.5, 0.6) is 11.5 Å². The molecule has 2 aliphatic rings. The summed E-state index contributed by atoms with van der Waals surface area (Å²) in [6.07, 6.45) is 5.92. The first kappa shape index (κ1) is 25.5. The second-order valence-corrected chi connectivity index (χ2v) is 10.4. The zero-order valence-corrected chi connectivity index (χ0v) is 23.3. The molecule has 2 aliphatic heterocycles. The standard InChI is InChI=1S/C28H33ClN8O2/c1-33-8-10-35(11-9-33)26-4-6-30-28(32-26)36-14-12-34(13-15-36)20-5-7-37-19-23(31-27(37)16-20)21-17-22(29)25(39-3)18-24(21)38-2/h4-7,16-19H,8-15H2,1-3H3. The van der Waals surface area contributed by atoms with Gasteiger partial charge in [-0.3, -0.25) is 0 Å². The van der Waals surface area contributed by atoms with E-state index in [0.717, 1.165) is 86.7 Å². The van der Waals surface area contributed by atoms with Crippen molar-refractivity contribution in [3.63, 3.8) is 0 Å². The number of hydrogen-bond donors (Lipinski definition) is 0. The van der Waals surface area contributed by atoms with Crippen molar-refractivity contribution < 1.29 is 9.47 Å². The first-order valence-electron chi connectivity index (χ1n) is 13.2. The van der Waals surface area contributed by atoms with E-state index in [4.69, 9.17) is 31.0 Å². The largest absolute Gasteiger partial charge is 0.496 e. The van der Waals surface area contributed by atoms with Gasteiger partial charge in [-0.25, -0.2) is 9.97 Å². The Kier molecular flexibility index (Phi) is 7.05. The van der Waals surface area contributed by atoms with Gasteiger partial charge in [0, 0.05) is 94.3 Å². The summed E-state index contributed by atoms with van der Waals surface area (Å²) in [5.41, 5.74) is 3.62. The summed E-state index contributed by atoms with van der Waals surface area (Å²) in [6.45, 7) is 7.59. The number of hydrogen-bond acceptors (Lipinski definition) is 9. The SMILES string of the molecule is COc1cc(OC)c(-c2cn3ccc(N4CCN(c5nccc(N6CCN(C)CC6)n5)CC4)cc3n2)cc1Cl. The van der Waals surface area contributed by atoms with Crippen LogP contribution >= 0.6 is 11.6 Å². The van der Waals surface area contributed by atoms with E-state index in [-0.39, 0.29) is 0 Å². The number of methoxy groups -OCH3 is 2. The molecule has 5 heterocycles. The molecule has 0 saturated carbocycles. The zero-order valence-electron chi connectivity index (χ0n) is 22.5. The third kappa shape index (κ3) is 5.14. The number of nitrogens with zero attached hydrogens (tertiary/aromatic N) is 8. The smallest absolute Gasteiger partial charge is 0.227 e. The summed E-state index contributed by atoms with van der Waals surface area (Å²) in [7, 11) is 5.39. The predicted octanol–water partition coefficient (Wildman–Crippen LogP) is 3.54. The van der Waals surface area contributed by atoms with Crippen molar-refractivity contribution in [3.05, 3.63) is 53.9 Å². The van der Waals surface area contributed by atoms with Crippen molar-refractivity contribution in [2.75, 3.05) is 88.3 Å². The van der Waals surface area contributed by atoms with E-state index in [9.17, 15) is 0 Å². The first-order valence-corrected chi connectivity index (χ1v) is 13.6. The number of benzene rings is 1. The summed E-state index contributed by atoms with van der Waals surface area (Å²) in [5.74, 6) is 3.06. The first-order chi connectivity index (χ1) is 19.0. The molecule has 0 bridgehead atoms. The van der Waals surface area contributed by atoms with Gasteiger partial charge in [-0.05, 0) is 25.2 Å². The fraction of sp³-hybridized carbons (Fsp3) is 0.393. The molecule has 0 spiro atoms. The number of rotatable bonds is 6. The fourth-order valence-corrected chi connectivity index (χ4v) is 5.47. The highest BCUT2D eigenvalue weighted by Gasteiger charge is 2.22. The van der Waals surface area contributed by atoms with E-state index >= 15 is 0 Å². The second-order valence-electron chi connectivity index (χ2n) is 9.94. The topological polar surface area (TPSA) is 74.5 Å². The minimum absolute atomic E-state index is 0.516. The Labute approximate surface area is 233 Å². The molecule has 1 aromatic carbocycles. The summed E-state index contributed by atoms with van der Waals surface area (Å²) in [5, 5.41) is 0.516. The normalized spacial score (nSPS) is 16.7. The van der Waals surface area contributed by atoms with Crippen LogP contribution in [0.4, 0.5) is 17.5 Å². The molecule has 2 fully saturated rings. The average molecular weight is 549 g/mol. The maximum Gasteiger partial charge on any atom is 0.227 e. The van der Waals surface area contributed by atoms with E-state index in [1.54, 1.807) is 20.3 Å². The van der Waals surface area contributed by atoms with E-state index < -0.39 is 0 Å². The third-order valence-electron chi connectivity index (χ3n) is 7.58. The fourth-order valence-electron chi connectivity index (χ4n) is 5.23. The number of imidazole rings is 1. The lowest BCUT2D eigenvalue weighted by Gasteiger charge is -2.37. The number of likely N-dealkylation sites (N-methyl/N-ethyl adjacent to an activating group) is 1. The lowest BCUT2D eigenvalue weighted by Crippen LogP contribution is -2.47. The molecule has 10 nitrogen and oxygen atoms in total. The molecular weight excluding hydrogens is 516 g/mol. The molecule has 0 aliphatic carbocycles. The van der Waals surface area contributed by atoms with E-state index in [0.29, 0.717) is 16.5 Å². The van der Waals surface area contributed by atoms with Gasteiger partial charge < -0.3 is 33.5 Å². The van der Waals surface area contributed by atoms with Crippen LogP contribution in [0, 0.1) is 0 Å². The Morgan fingerprint density at radius 2 is 1.51 bits per heavy atom. The van der Waals surface area contributed by atoms with E-state index in [1.807, 2.05) is 35.1 Å². The monoisotopic (exact) mass is 548 g/mol. The van der Waals surface area contributed by atoms with Crippen LogP contribution in [-0.2, 0) is 0 Å². The lowest BCUT2D eigenvalue weighted by atomic mass is 10.1. The number of piperazine rings is 2. The van der Waals surface area contributed by atoms with Crippen LogP contribution in [0.25, 0.3) is 16.9 Å². The van der Waals surface area contributed by atoms with Crippen LogP contribution in [0.2, 0.25) is 5.02 Å². The minimum Gasteiger partial charge on any atom is -0.496 e. The number of halogens is 1. The van der Waals surface area contributed by atoms with Crippen LogP contribution < -0.4 is 24.2 Å². The number of fused-ring (bicyclic) bond motifs is 1. The maximum atomic E-state index is 6.40. The van der Waals surface area contributed by atoms with Crippen molar-refractivity contribution >= 4 is 34.7 Å². The van der Waals surface area contributed by atoms with Crippen molar-refractivity contribution in [2.45, 2.75) is 0 Å². The van der Waals surface area contributed by atoms with Gasteiger partial charge in [0.25, 0.3) is 0 Å². The third-order valence-corrected chi connectivity index (χ3v) is 7.87. The van der Waals surface area contributed by atoms with E-state index in [2.05, 4.69) is 43.8 Å². The van der Waals surface area contributed by atoms with E-state index in [1.165, 1.54) is 0 Å². The Bertz CT molecular complexity index is 1460. The number of ether oxygens (including phenoxy) is 2. The molecule has 204 valence electrons. The lowest BCUT2D eigenvalue weighted by molar-refractivity contribution is 0.312. The Morgan fingerprint density at radius 3 is 2.26 bits per heavy atom. The summed E-state index contributed by atoms with van der Waals surface area (Å²) >= 11 is 6.40. The van der Waals surface area contributed by atoms with Crippen LogP contribution in [0.15, 0.2) is 48.9 Å². The highest BCUT2D eigenvalue weighted by Crippen LogP contribution is 2.38. The summed E-state index contributed by atoms with van der Waals surface area (Å²) < 4.78 is 12.9. The molecule has 0 amide bonds. The molecule has 2 saturated heterocycles. The van der Waals surface area contributed by atoms with Gasteiger partial charge in [-0.2, -0.15) is 4.98 Å². The highest BCUT2D eigenvalue weighted by molar-refractivity contribution is 6.32. The molecule has 0 radical (unpaired) electrons. The van der Waals surface area contributed by atoms with Crippen molar-refractivity contribution in [1.82, 2.24) is 24.3 Å². The van der Waals surface area contributed by atoms with Gasteiger partial charge in [0.15, 0.2) is 0 Å².